The van der Waals surface area contributed by atoms with Crippen molar-refractivity contribution in [3.63, 3.8) is 0 Å². The van der Waals surface area contributed by atoms with Gasteiger partial charge in [-0.1, -0.05) is 32.4 Å². The van der Waals surface area contributed by atoms with Gasteiger partial charge in [-0.2, -0.15) is 12.7 Å². The summed E-state index contributed by atoms with van der Waals surface area (Å²) in [6, 6.07) is 7.84. The van der Waals surface area contributed by atoms with E-state index in [9.17, 15) is 8.42 Å². The third-order valence-corrected chi connectivity index (χ3v) is 6.42. The minimum absolute atomic E-state index is 0.0235. The summed E-state index contributed by atoms with van der Waals surface area (Å²) < 4.78 is 35.0. The van der Waals surface area contributed by atoms with E-state index in [2.05, 4.69) is 23.5 Å². The van der Waals surface area contributed by atoms with Crippen molar-refractivity contribution in [3.05, 3.63) is 29.8 Å². The second-order valence-electron chi connectivity index (χ2n) is 6.33. The van der Waals surface area contributed by atoms with Crippen LogP contribution in [-0.4, -0.2) is 57.5 Å². The Kier molecular flexibility index (Phi) is 7.68. The van der Waals surface area contributed by atoms with Crippen LogP contribution in [-0.2, 0) is 10.2 Å². The summed E-state index contributed by atoms with van der Waals surface area (Å²) in [5.74, 6) is 0.786. The molecule has 25 heavy (non-hydrogen) atoms. The quantitative estimate of drug-likeness (QED) is 0.726. The van der Waals surface area contributed by atoms with Gasteiger partial charge >= 0.3 is 0 Å². The summed E-state index contributed by atoms with van der Waals surface area (Å²) in [6.45, 7) is 7.47. The van der Waals surface area contributed by atoms with Crippen molar-refractivity contribution in [2.75, 3.05) is 39.8 Å². The van der Waals surface area contributed by atoms with E-state index in [0.717, 1.165) is 43.7 Å². The molecule has 1 heterocycles. The molecule has 0 saturated carbocycles. The van der Waals surface area contributed by atoms with E-state index in [1.165, 1.54) is 0 Å². The molecule has 0 radical (unpaired) electrons. The standard InChI is InChI=1S/C18H31N3O3S/c1-4-20(5-2)18(16-10-9-11-17(14-16)24-3)15-19-25(22,23)21-12-7-6-8-13-21/h9-11,14,18-19H,4-8,12-13,15H2,1-3H3. The van der Waals surface area contributed by atoms with Crippen molar-refractivity contribution in [1.29, 1.82) is 0 Å². The molecule has 0 aromatic heterocycles. The predicted molar refractivity (Wildman–Crippen MR) is 101 cm³/mol. The summed E-state index contributed by atoms with van der Waals surface area (Å²) in [6.07, 6.45) is 2.99. The third kappa shape index (κ3) is 5.41. The first-order valence-electron chi connectivity index (χ1n) is 9.14. The van der Waals surface area contributed by atoms with Crippen molar-refractivity contribution < 1.29 is 13.2 Å². The average molecular weight is 370 g/mol. The molecular weight excluding hydrogens is 338 g/mol. The van der Waals surface area contributed by atoms with Crippen molar-refractivity contribution in [2.45, 2.75) is 39.2 Å². The van der Waals surface area contributed by atoms with Crippen molar-refractivity contribution in [1.82, 2.24) is 13.9 Å². The highest BCUT2D eigenvalue weighted by atomic mass is 32.2. The summed E-state index contributed by atoms with van der Waals surface area (Å²) in [5, 5.41) is 0. The number of nitrogens with zero attached hydrogens (tertiary/aromatic N) is 2. The van der Waals surface area contributed by atoms with Gasteiger partial charge in [-0.05, 0) is 43.6 Å². The van der Waals surface area contributed by atoms with Gasteiger partial charge in [0.2, 0.25) is 0 Å². The number of ether oxygens (including phenoxy) is 1. The summed E-state index contributed by atoms with van der Waals surface area (Å²) >= 11 is 0. The van der Waals surface area contributed by atoms with Gasteiger partial charge in [0.05, 0.1) is 7.11 Å². The van der Waals surface area contributed by atoms with Crippen LogP contribution < -0.4 is 9.46 Å². The topological polar surface area (TPSA) is 61.9 Å². The lowest BCUT2D eigenvalue weighted by atomic mass is 10.0. The number of hydrogen-bond acceptors (Lipinski definition) is 4. The van der Waals surface area contributed by atoms with E-state index in [1.54, 1.807) is 11.4 Å². The van der Waals surface area contributed by atoms with Crippen LogP contribution in [0.3, 0.4) is 0 Å². The fourth-order valence-electron chi connectivity index (χ4n) is 3.35. The normalized spacial score (nSPS) is 17.6. The van der Waals surface area contributed by atoms with Gasteiger partial charge in [0, 0.05) is 25.7 Å². The van der Waals surface area contributed by atoms with Gasteiger partial charge in [-0.15, -0.1) is 0 Å². The van der Waals surface area contributed by atoms with Crippen LogP contribution in [0.5, 0.6) is 5.75 Å². The van der Waals surface area contributed by atoms with E-state index in [4.69, 9.17) is 4.74 Å². The number of hydrogen-bond donors (Lipinski definition) is 1. The molecule has 0 bridgehead atoms. The lowest BCUT2D eigenvalue weighted by Gasteiger charge is -2.32. The predicted octanol–water partition coefficient (Wildman–Crippen LogP) is 2.40. The number of methoxy groups -OCH3 is 1. The first-order chi connectivity index (χ1) is 12.0. The Morgan fingerprint density at radius 2 is 1.88 bits per heavy atom. The zero-order valence-electron chi connectivity index (χ0n) is 15.6. The van der Waals surface area contributed by atoms with Gasteiger partial charge in [0.25, 0.3) is 10.2 Å². The highest BCUT2D eigenvalue weighted by molar-refractivity contribution is 7.87. The molecule has 0 aliphatic carbocycles. The lowest BCUT2D eigenvalue weighted by Crippen LogP contribution is -2.46. The second kappa shape index (κ2) is 9.52. The molecule has 1 N–H and O–H groups in total. The van der Waals surface area contributed by atoms with Gasteiger partial charge in [0.15, 0.2) is 0 Å². The Hall–Kier alpha value is -1.15. The lowest BCUT2D eigenvalue weighted by molar-refractivity contribution is 0.218. The van der Waals surface area contributed by atoms with E-state index < -0.39 is 10.2 Å². The fraction of sp³-hybridized carbons (Fsp3) is 0.667. The minimum Gasteiger partial charge on any atom is -0.497 e. The summed E-state index contributed by atoms with van der Waals surface area (Å²) in [4.78, 5) is 2.26. The van der Waals surface area contributed by atoms with E-state index >= 15 is 0 Å². The number of likely N-dealkylation sites (N-methyl/N-ethyl adjacent to an activating group) is 1. The van der Waals surface area contributed by atoms with Gasteiger partial charge in [-0.3, -0.25) is 4.90 Å². The molecule has 1 fully saturated rings. The number of piperidine rings is 1. The Labute approximate surface area is 152 Å². The van der Waals surface area contributed by atoms with Gasteiger partial charge < -0.3 is 4.74 Å². The molecule has 0 amide bonds. The molecule has 1 unspecified atom stereocenters. The van der Waals surface area contributed by atoms with Crippen molar-refractivity contribution >= 4 is 10.2 Å². The molecule has 6 nitrogen and oxygen atoms in total. The zero-order valence-corrected chi connectivity index (χ0v) is 16.4. The largest absolute Gasteiger partial charge is 0.497 e. The van der Waals surface area contributed by atoms with E-state index in [0.29, 0.717) is 19.6 Å². The molecule has 1 saturated heterocycles. The molecule has 1 aromatic rings. The Bertz CT molecular complexity index is 626. The molecule has 0 spiro atoms. The molecule has 7 heteroatoms. The van der Waals surface area contributed by atoms with Crippen LogP contribution in [0.4, 0.5) is 0 Å². The second-order valence-corrected chi connectivity index (χ2v) is 8.08. The first kappa shape index (κ1) is 20.2. The molecular formula is C18H31N3O3S. The Morgan fingerprint density at radius 3 is 2.48 bits per heavy atom. The molecule has 1 aliphatic heterocycles. The van der Waals surface area contributed by atoms with Crippen LogP contribution in [0.2, 0.25) is 0 Å². The molecule has 1 atom stereocenters. The highest BCUT2D eigenvalue weighted by Gasteiger charge is 2.26. The summed E-state index contributed by atoms with van der Waals surface area (Å²) in [5.41, 5.74) is 1.06. The first-order valence-corrected chi connectivity index (χ1v) is 10.6. The summed E-state index contributed by atoms with van der Waals surface area (Å²) in [7, 11) is -1.78. The molecule has 142 valence electrons. The molecule has 1 aromatic carbocycles. The van der Waals surface area contributed by atoms with Gasteiger partial charge in [0.1, 0.15) is 5.75 Å². The zero-order chi connectivity index (χ0) is 18.3. The SMILES string of the molecule is CCN(CC)C(CNS(=O)(=O)N1CCCCC1)c1cccc(OC)c1. The smallest absolute Gasteiger partial charge is 0.279 e. The van der Waals surface area contributed by atoms with Crippen LogP contribution in [0.15, 0.2) is 24.3 Å². The molecule has 2 rings (SSSR count). The van der Waals surface area contributed by atoms with Crippen molar-refractivity contribution in [2.24, 2.45) is 0 Å². The minimum atomic E-state index is -3.43. The maximum Gasteiger partial charge on any atom is 0.279 e. The van der Waals surface area contributed by atoms with Crippen LogP contribution >= 0.6 is 0 Å². The van der Waals surface area contributed by atoms with E-state index in [1.807, 2.05) is 24.3 Å². The van der Waals surface area contributed by atoms with Crippen molar-refractivity contribution in [3.8, 4) is 5.75 Å². The van der Waals surface area contributed by atoms with Gasteiger partial charge in [-0.25, -0.2) is 4.72 Å². The van der Waals surface area contributed by atoms with Crippen LogP contribution in [0.25, 0.3) is 0 Å². The molecule has 1 aliphatic rings. The maximum absolute atomic E-state index is 12.6. The van der Waals surface area contributed by atoms with Crippen LogP contribution in [0, 0.1) is 0 Å². The highest BCUT2D eigenvalue weighted by Crippen LogP contribution is 2.24. The third-order valence-electron chi connectivity index (χ3n) is 4.85. The average Bonchev–Trinajstić information content (AvgIpc) is 2.66. The number of nitrogens with one attached hydrogen (secondary N) is 1. The Balaban J connectivity index is 2.15. The fourth-order valence-corrected chi connectivity index (χ4v) is 4.64. The monoisotopic (exact) mass is 369 g/mol. The van der Waals surface area contributed by atoms with E-state index in [-0.39, 0.29) is 6.04 Å². The van der Waals surface area contributed by atoms with Crippen LogP contribution in [0.1, 0.15) is 44.7 Å². The maximum atomic E-state index is 12.6. The number of benzene rings is 1. The number of rotatable bonds is 9. The Morgan fingerprint density at radius 1 is 1.20 bits per heavy atom.